The van der Waals surface area contributed by atoms with Crippen LogP contribution in [0.2, 0.25) is 14.8 Å². The number of aromatic nitrogens is 2. The molecule has 1 fully saturated rings. The van der Waals surface area contributed by atoms with E-state index in [9.17, 15) is 19.5 Å². The van der Waals surface area contributed by atoms with Gasteiger partial charge in [-0.05, 0) is 0 Å². The van der Waals surface area contributed by atoms with Gasteiger partial charge in [-0.25, -0.2) is 0 Å². The monoisotopic (exact) mass is 507 g/mol. The molecule has 4 heterocycles. The SMILES string of the molecule is CC1CN2c3c(c(=O)[nH]c4n[c]([Sn]([CH3])([CH3])[CH3])ccc34)N(C)C(=O)C2CN1C(=O)O. The Balaban J connectivity index is 1.95. The van der Waals surface area contributed by atoms with E-state index in [0.29, 0.717) is 23.6 Å². The molecule has 0 spiro atoms. The molecule has 0 aromatic carbocycles. The molecule has 0 bridgehead atoms. The molecule has 4 rings (SSSR count). The number of aromatic amines is 1. The quantitative estimate of drug-likeness (QED) is 0.559. The predicted molar refractivity (Wildman–Crippen MR) is 114 cm³/mol. The van der Waals surface area contributed by atoms with Crippen molar-refractivity contribution in [3.05, 3.63) is 22.5 Å². The zero-order valence-corrected chi connectivity index (χ0v) is 20.0. The first-order valence-electron chi connectivity index (χ1n) is 9.62. The van der Waals surface area contributed by atoms with Gasteiger partial charge in [0.25, 0.3) is 0 Å². The van der Waals surface area contributed by atoms with Crippen molar-refractivity contribution in [1.82, 2.24) is 14.9 Å². The van der Waals surface area contributed by atoms with Gasteiger partial charge in [0, 0.05) is 0 Å². The van der Waals surface area contributed by atoms with E-state index in [4.69, 9.17) is 4.98 Å². The molecular formula is C19H25N5O4Sn. The molecule has 2 atom stereocenters. The number of piperazine rings is 1. The van der Waals surface area contributed by atoms with Crippen LogP contribution in [0.1, 0.15) is 6.92 Å². The van der Waals surface area contributed by atoms with Crippen LogP contribution in [0.25, 0.3) is 11.0 Å². The molecule has 0 aliphatic carbocycles. The van der Waals surface area contributed by atoms with Crippen molar-refractivity contribution in [2.45, 2.75) is 33.8 Å². The first-order chi connectivity index (χ1) is 13.5. The van der Waals surface area contributed by atoms with E-state index < -0.39 is 30.5 Å². The zero-order chi connectivity index (χ0) is 21.2. The van der Waals surface area contributed by atoms with E-state index in [0.717, 1.165) is 9.10 Å². The average Bonchev–Trinajstić information content (AvgIpc) is 2.63. The van der Waals surface area contributed by atoms with Crippen molar-refractivity contribution >= 4 is 56.5 Å². The Kier molecular flexibility index (Phi) is 4.56. The molecule has 0 saturated carbocycles. The summed E-state index contributed by atoms with van der Waals surface area (Å²) in [5.41, 5.74) is 1.12. The van der Waals surface area contributed by atoms with E-state index in [1.807, 2.05) is 24.0 Å². The number of nitrogens with one attached hydrogen (secondary N) is 1. The first-order valence-corrected chi connectivity index (χ1v) is 19.6. The molecular weight excluding hydrogens is 481 g/mol. The number of fused-ring (bicyclic) bond motifs is 5. The van der Waals surface area contributed by atoms with Crippen LogP contribution in [0.15, 0.2) is 16.9 Å². The van der Waals surface area contributed by atoms with Crippen molar-refractivity contribution in [3.63, 3.8) is 0 Å². The fourth-order valence-corrected chi connectivity index (χ4v) is 7.14. The molecule has 1 saturated heterocycles. The standard InChI is InChI=1S/C16H16N5O4.3CH3.Sn/c1-8-6-21-10(7-20(8)16(24)25)15(23)19(2)12-11(21)9-4-3-5-17-13(9)18-14(12)22;;;;/h3-4,8,10H,6-7H2,1-2H3,(H,24,25)(H,17,18,22);3*1H3;. The Bertz CT molecular complexity index is 1090. The molecule has 2 aromatic heterocycles. The minimum atomic E-state index is -2.44. The van der Waals surface area contributed by atoms with Gasteiger partial charge in [-0.15, -0.1) is 0 Å². The van der Waals surface area contributed by atoms with Crippen molar-refractivity contribution in [1.29, 1.82) is 0 Å². The molecule has 9 nitrogen and oxygen atoms in total. The molecule has 154 valence electrons. The molecule has 2 aliphatic heterocycles. The van der Waals surface area contributed by atoms with Gasteiger partial charge >= 0.3 is 172 Å². The number of amides is 2. The number of anilines is 2. The molecule has 29 heavy (non-hydrogen) atoms. The second kappa shape index (κ2) is 6.61. The predicted octanol–water partition coefficient (Wildman–Crippen LogP) is 1.00. The number of carbonyl (C=O) groups excluding carboxylic acids is 1. The molecule has 2 aromatic rings. The van der Waals surface area contributed by atoms with Crippen molar-refractivity contribution in [2.75, 3.05) is 29.9 Å². The molecule has 0 radical (unpaired) electrons. The van der Waals surface area contributed by atoms with Gasteiger partial charge in [-0.2, -0.15) is 0 Å². The molecule has 2 aliphatic rings. The maximum absolute atomic E-state index is 13.0. The number of pyridine rings is 2. The minimum absolute atomic E-state index is 0.0668. The van der Waals surface area contributed by atoms with Crippen molar-refractivity contribution in [2.24, 2.45) is 0 Å². The third-order valence-electron chi connectivity index (χ3n) is 5.81. The normalized spacial score (nSPS) is 22.0. The van der Waals surface area contributed by atoms with E-state index in [-0.39, 0.29) is 24.1 Å². The number of carbonyl (C=O) groups is 2. The zero-order valence-electron chi connectivity index (χ0n) is 17.2. The third kappa shape index (κ3) is 3.06. The fourth-order valence-electron chi connectivity index (χ4n) is 4.20. The van der Waals surface area contributed by atoms with Gasteiger partial charge in [0.05, 0.1) is 0 Å². The second-order valence-corrected chi connectivity index (χ2v) is 23.1. The van der Waals surface area contributed by atoms with E-state index in [1.165, 1.54) is 9.80 Å². The molecule has 10 heteroatoms. The van der Waals surface area contributed by atoms with Gasteiger partial charge in [0.2, 0.25) is 0 Å². The van der Waals surface area contributed by atoms with Crippen LogP contribution in [-0.4, -0.2) is 82.6 Å². The summed E-state index contributed by atoms with van der Waals surface area (Å²) in [6.07, 6.45) is -1.04. The Labute approximate surface area is 172 Å². The summed E-state index contributed by atoms with van der Waals surface area (Å²) in [5, 5.41) is 10.3. The number of hydrogen-bond acceptors (Lipinski definition) is 5. The second-order valence-electron chi connectivity index (χ2n) is 8.84. The Morgan fingerprint density at radius 3 is 2.52 bits per heavy atom. The Morgan fingerprint density at radius 2 is 1.90 bits per heavy atom. The first kappa shape index (κ1) is 20.0. The summed E-state index contributed by atoms with van der Waals surface area (Å²) < 4.78 is 1.06. The van der Waals surface area contributed by atoms with Gasteiger partial charge < -0.3 is 0 Å². The van der Waals surface area contributed by atoms with Gasteiger partial charge in [-0.3, -0.25) is 0 Å². The average molecular weight is 506 g/mol. The molecule has 2 N–H and O–H groups in total. The number of hydrogen-bond donors (Lipinski definition) is 2. The van der Waals surface area contributed by atoms with Crippen molar-refractivity contribution < 1.29 is 14.7 Å². The van der Waals surface area contributed by atoms with E-state index in [1.54, 1.807) is 7.05 Å². The van der Waals surface area contributed by atoms with Crippen molar-refractivity contribution in [3.8, 4) is 0 Å². The van der Waals surface area contributed by atoms with Gasteiger partial charge in [0.1, 0.15) is 0 Å². The van der Waals surface area contributed by atoms with Crippen LogP contribution in [0.3, 0.4) is 0 Å². The number of nitrogens with zero attached hydrogens (tertiary/aromatic N) is 4. The van der Waals surface area contributed by atoms with E-state index in [2.05, 4.69) is 19.8 Å². The number of carboxylic acid groups (broad SMARTS) is 1. The van der Waals surface area contributed by atoms with Gasteiger partial charge in [0.15, 0.2) is 0 Å². The van der Waals surface area contributed by atoms with Crippen LogP contribution >= 0.6 is 0 Å². The van der Waals surface area contributed by atoms with Crippen LogP contribution in [0.4, 0.5) is 16.2 Å². The van der Waals surface area contributed by atoms with Crippen LogP contribution in [0.5, 0.6) is 0 Å². The van der Waals surface area contributed by atoms with E-state index >= 15 is 0 Å². The molecule has 2 amide bonds. The maximum atomic E-state index is 13.0. The van der Waals surface area contributed by atoms with Gasteiger partial charge in [-0.1, -0.05) is 0 Å². The summed E-state index contributed by atoms with van der Waals surface area (Å²) in [6, 6.07) is 3.04. The number of H-pyrrole nitrogens is 1. The summed E-state index contributed by atoms with van der Waals surface area (Å²) in [4.78, 5) is 56.4. The summed E-state index contributed by atoms with van der Waals surface area (Å²) >= 11 is -2.44. The summed E-state index contributed by atoms with van der Waals surface area (Å²) in [7, 11) is 1.57. The summed E-state index contributed by atoms with van der Waals surface area (Å²) in [5.74, 6) is -0.282. The number of likely N-dealkylation sites (N-methyl/N-ethyl adjacent to an activating group) is 1. The van der Waals surface area contributed by atoms with Crippen LogP contribution < -0.4 is 19.1 Å². The third-order valence-corrected chi connectivity index (χ3v) is 11.0. The van der Waals surface area contributed by atoms with Crippen LogP contribution in [0, 0.1) is 0 Å². The summed E-state index contributed by atoms with van der Waals surface area (Å²) in [6.45, 7) is 2.21. The topological polar surface area (TPSA) is 110 Å². The fraction of sp³-hybridized carbons (Fsp3) is 0.474. The Hall–Kier alpha value is -2.30. The Morgan fingerprint density at radius 1 is 1.21 bits per heavy atom. The molecule has 2 unspecified atom stereocenters. The number of rotatable bonds is 1. The van der Waals surface area contributed by atoms with Crippen LogP contribution in [-0.2, 0) is 4.79 Å².